The molecule has 3 amide bonds. The van der Waals surface area contributed by atoms with E-state index in [0.717, 1.165) is 0 Å². The van der Waals surface area contributed by atoms with Gasteiger partial charge < -0.3 is 36.7 Å². The van der Waals surface area contributed by atoms with Crippen molar-refractivity contribution in [1.29, 1.82) is 0 Å². The van der Waals surface area contributed by atoms with Gasteiger partial charge in [0.25, 0.3) is 0 Å². The van der Waals surface area contributed by atoms with Crippen LogP contribution in [0.2, 0.25) is 0 Å². The number of anilines is 1. The Morgan fingerprint density at radius 3 is 2.29 bits per heavy atom. The largest absolute Gasteiger partial charge is 0.488 e. The van der Waals surface area contributed by atoms with Crippen LogP contribution in [0.1, 0.15) is 67.2 Å². The Labute approximate surface area is 244 Å². The third-order valence-corrected chi connectivity index (χ3v) is 7.45. The number of nitrogens with two attached hydrogens (primary N) is 2. The summed E-state index contributed by atoms with van der Waals surface area (Å²) in [6.45, 7) is 11.8. The summed E-state index contributed by atoms with van der Waals surface area (Å²) in [7, 11) is 1.57. The molecule has 4 atom stereocenters. The van der Waals surface area contributed by atoms with Crippen molar-refractivity contribution in [2.24, 2.45) is 40.6 Å². The van der Waals surface area contributed by atoms with Gasteiger partial charge in [-0.3, -0.25) is 14.4 Å². The number of hydrogen-bond donors (Lipinski definition) is 5. The molecule has 0 aliphatic carbocycles. The predicted octanol–water partition coefficient (Wildman–Crippen LogP) is 3.21. The van der Waals surface area contributed by atoms with Crippen LogP contribution in [0.15, 0.2) is 18.2 Å². The van der Waals surface area contributed by atoms with E-state index in [9.17, 15) is 23.9 Å². The summed E-state index contributed by atoms with van der Waals surface area (Å²) in [6, 6.07) is 3.66. The smallest absolute Gasteiger partial charge is 0.224 e. The number of carbonyl (C=O) groups is 3. The van der Waals surface area contributed by atoms with Gasteiger partial charge in [0.05, 0.1) is 23.8 Å². The number of aliphatic hydroxyl groups excluding tert-OH is 1. The lowest BCUT2D eigenvalue weighted by Gasteiger charge is -2.30. The lowest BCUT2D eigenvalue weighted by Crippen LogP contribution is -2.46. The molecule has 11 heteroatoms. The molecule has 41 heavy (non-hydrogen) atoms. The molecule has 10 nitrogen and oxygen atoms in total. The lowest BCUT2D eigenvalue weighted by molar-refractivity contribution is -0.130. The Morgan fingerprint density at radius 1 is 1.07 bits per heavy atom. The highest BCUT2D eigenvalue weighted by atomic mass is 19.1. The number of rotatable bonds is 19. The highest BCUT2D eigenvalue weighted by Crippen LogP contribution is 2.30. The number of benzene rings is 1. The molecule has 234 valence electrons. The Hall–Kier alpha value is -2.76. The first-order valence-electron chi connectivity index (χ1n) is 14.3. The second kappa shape index (κ2) is 17.3. The summed E-state index contributed by atoms with van der Waals surface area (Å²) in [4.78, 5) is 37.5. The molecule has 0 aromatic heterocycles. The van der Waals surface area contributed by atoms with E-state index in [2.05, 4.69) is 10.6 Å². The van der Waals surface area contributed by atoms with E-state index in [1.165, 1.54) is 12.1 Å². The van der Waals surface area contributed by atoms with Crippen LogP contribution in [0, 0.1) is 34.9 Å². The van der Waals surface area contributed by atoms with Crippen molar-refractivity contribution in [2.75, 3.05) is 32.2 Å². The first-order chi connectivity index (χ1) is 19.1. The van der Waals surface area contributed by atoms with Crippen molar-refractivity contribution in [3.05, 3.63) is 24.0 Å². The fourth-order valence-corrected chi connectivity index (χ4v) is 4.31. The van der Waals surface area contributed by atoms with E-state index in [0.29, 0.717) is 19.4 Å². The number of nitrogens with one attached hydrogen (secondary N) is 2. The molecule has 0 bridgehead atoms. The molecule has 0 aliphatic rings. The van der Waals surface area contributed by atoms with Gasteiger partial charge in [-0.25, -0.2) is 4.39 Å². The summed E-state index contributed by atoms with van der Waals surface area (Å²) in [5.41, 5.74) is 11.1. The standard InChI is InChI=1S/C30H51FN4O6/c1-18(2)20(15-26(37)35-24-11-8-10-22(31)27(24)41-13-9-12-40-7)14-23(32)25(36)16-21(19(3)4)28(38)34-17-30(5,6)29(33)39/h8,10-11,18-21,23,25,36H,9,12-17,32H2,1-7H3,(H2,33,39)(H,34,38)(H,35,37)/t20-,21+,23+,25+/m1/s1. The molecular weight excluding hydrogens is 531 g/mol. The Morgan fingerprint density at radius 2 is 1.73 bits per heavy atom. The normalized spacial score (nSPS) is 14.8. The molecule has 0 unspecified atom stereocenters. The van der Waals surface area contributed by atoms with Crippen molar-refractivity contribution < 1.29 is 33.4 Å². The summed E-state index contributed by atoms with van der Waals surface area (Å²) >= 11 is 0. The Balaban J connectivity index is 2.83. The maximum Gasteiger partial charge on any atom is 0.224 e. The molecule has 0 heterocycles. The maximum absolute atomic E-state index is 14.4. The first-order valence-corrected chi connectivity index (χ1v) is 14.3. The molecular formula is C30H51FN4O6. The predicted molar refractivity (Wildman–Crippen MR) is 157 cm³/mol. The van der Waals surface area contributed by atoms with Crippen LogP contribution < -0.4 is 26.8 Å². The molecule has 0 radical (unpaired) electrons. The number of carbonyl (C=O) groups excluding carboxylic acids is 3. The zero-order valence-corrected chi connectivity index (χ0v) is 25.7. The van der Waals surface area contributed by atoms with Gasteiger partial charge in [-0.05, 0) is 56.6 Å². The van der Waals surface area contributed by atoms with Gasteiger partial charge >= 0.3 is 0 Å². The van der Waals surface area contributed by atoms with E-state index >= 15 is 0 Å². The van der Waals surface area contributed by atoms with E-state index in [4.69, 9.17) is 20.9 Å². The minimum Gasteiger partial charge on any atom is -0.488 e. The van der Waals surface area contributed by atoms with E-state index < -0.39 is 35.2 Å². The van der Waals surface area contributed by atoms with Crippen molar-refractivity contribution in [2.45, 2.75) is 79.4 Å². The van der Waals surface area contributed by atoms with Crippen LogP contribution in [-0.2, 0) is 19.1 Å². The van der Waals surface area contributed by atoms with Crippen LogP contribution in [0.3, 0.4) is 0 Å². The first kappa shape index (κ1) is 36.3. The Bertz CT molecular complexity index is 988. The summed E-state index contributed by atoms with van der Waals surface area (Å²) in [6.07, 6.45) is 0.159. The van der Waals surface area contributed by atoms with E-state index in [1.807, 2.05) is 27.7 Å². The van der Waals surface area contributed by atoms with Crippen molar-refractivity contribution in [3.8, 4) is 5.75 Å². The fraction of sp³-hybridized carbons (Fsp3) is 0.700. The van der Waals surface area contributed by atoms with Gasteiger partial charge in [-0.15, -0.1) is 0 Å². The number of aliphatic hydroxyl groups is 1. The van der Waals surface area contributed by atoms with Gasteiger partial charge in [0.1, 0.15) is 0 Å². The molecule has 7 N–H and O–H groups in total. The Kier molecular flexibility index (Phi) is 15.3. The zero-order chi connectivity index (χ0) is 31.3. The highest BCUT2D eigenvalue weighted by molar-refractivity contribution is 5.92. The third kappa shape index (κ3) is 12.3. The average Bonchev–Trinajstić information content (AvgIpc) is 2.88. The summed E-state index contributed by atoms with van der Waals surface area (Å²) in [5.74, 6) is -2.46. The van der Waals surface area contributed by atoms with Gasteiger partial charge in [0.2, 0.25) is 17.7 Å². The monoisotopic (exact) mass is 582 g/mol. The van der Waals surface area contributed by atoms with E-state index in [-0.39, 0.29) is 67.0 Å². The number of methoxy groups -OCH3 is 1. The SMILES string of the molecule is COCCCOc1c(F)cccc1NC(=O)C[C@@H](C[C@H](N)[C@@H](O)C[C@H](C(=O)NCC(C)(C)C(N)=O)C(C)C)C(C)C. The molecule has 0 aliphatic heterocycles. The topological polar surface area (TPSA) is 166 Å². The van der Waals surface area contributed by atoms with E-state index in [1.54, 1.807) is 27.0 Å². The van der Waals surface area contributed by atoms with Gasteiger partial charge in [-0.2, -0.15) is 0 Å². The number of hydrogen-bond acceptors (Lipinski definition) is 7. The van der Waals surface area contributed by atoms with Crippen LogP contribution in [-0.4, -0.2) is 61.8 Å². The molecule has 0 fully saturated rings. The number of amides is 3. The molecule has 1 aromatic carbocycles. The lowest BCUT2D eigenvalue weighted by atomic mass is 9.81. The van der Waals surface area contributed by atoms with Gasteiger partial charge in [0, 0.05) is 45.1 Å². The molecule has 0 saturated heterocycles. The maximum atomic E-state index is 14.4. The average molecular weight is 583 g/mol. The fourth-order valence-electron chi connectivity index (χ4n) is 4.31. The number of halogens is 1. The second-order valence-corrected chi connectivity index (χ2v) is 12.1. The van der Waals surface area contributed by atoms with Crippen LogP contribution in [0.4, 0.5) is 10.1 Å². The van der Waals surface area contributed by atoms with Crippen molar-refractivity contribution in [3.63, 3.8) is 0 Å². The van der Waals surface area contributed by atoms with Crippen LogP contribution in [0.5, 0.6) is 5.75 Å². The minimum absolute atomic E-state index is 0.0256. The quantitative estimate of drug-likeness (QED) is 0.156. The highest BCUT2D eigenvalue weighted by Gasteiger charge is 2.32. The summed E-state index contributed by atoms with van der Waals surface area (Å²) < 4.78 is 25.0. The number of primary amides is 1. The van der Waals surface area contributed by atoms with Crippen LogP contribution >= 0.6 is 0 Å². The zero-order valence-electron chi connectivity index (χ0n) is 25.7. The molecule has 0 spiro atoms. The van der Waals surface area contributed by atoms with Gasteiger partial charge in [-0.1, -0.05) is 33.8 Å². The third-order valence-electron chi connectivity index (χ3n) is 7.45. The van der Waals surface area contributed by atoms with Gasteiger partial charge in [0.15, 0.2) is 11.6 Å². The van der Waals surface area contributed by atoms with Crippen molar-refractivity contribution in [1.82, 2.24) is 5.32 Å². The molecule has 1 rings (SSSR count). The number of ether oxygens (including phenoxy) is 2. The minimum atomic E-state index is -0.989. The van der Waals surface area contributed by atoms with Crippen LogP contribution in [0.25, 0.3) is 0 Å². The molecule has 1 aromatic rings. The molecule has 0 saturated carbocycles. The van der Waals surface area contributed by atoms with Crippen molar-refractivity contribution >= 4 is 23.4 Å². The second-order valence-electron chi connectivity index (χ2n) is 12.1. The summed E-state index contributed by atoms with van der Waals surface area (Å²) in [5, 5.41) is 16.5. The number of para-hydroxylation sites is 1.